The summed E-state index contributed by atoms with van der Waals surface area (Å²) in [5.74, 6) is 1.31. The molecule has 0 spiro atoms. The van der Waals surface area contributed by atoms with Crippen molar-refractivity contribution in [2.24, 2.45) is 0 Å². The van der Waals surface area contributed by atoms with Crippen LogP contribution in [0.3, 0.4) is 0 Å². The number of ether oxygens (including phenoxy) is 2. The summed E-state index contributed by atoms with van der Waals surface area (Å²) in [5, 5.41) is 10.8. The number of phenolic OH excluding ortho intramolecular Hbond substituents is 1. The van der Waals surface area contributed by atoms with Gasteiger partial charge in [0.05, 0.1) is 5.56 Å². The van der Waals surface area contributed by atoms with Crippen molar-refractivity contribution in [3.8, 4) is 45.7 Å². The van der Waals surface area contributed by atoms with Crippen molar-refractivity contribution in [3.63, 3.8) is 0 Å². The Kier molecular flexibility index (Phi) is 7.39. The van der Waals surface area contributed by atoms with Crippen LogP contribution in [0, 0.1) is 13.8 Å². The monoisotopic (exact) mass is 481 g/mol. The number of carbonyl (C=O) groups is 1. The van der Waals surface area contributed by atoms with Gasteiger partial charge in [0.1, 0.15) is 24.7 Å². The molecule has 4 aromatic rings. The van der Waals surface area contributed by atoms with E-state index >= 15 is 0 Å². The number of hydrogen-bond donors (Lipinski definition) is 1. The number of hydrogen-bond acceptors (Lipinski definition) is 7. The lowest BCUT2D eigenvalue weighted by Crippen LogP contribution is -2.12. The quantitative estimate of drug-likeness (QED) is 0.196. The molecule has 1 aromatic heterocycles. The van der Waals surface area contributed by atoms with Crippen LogP contribution < -0.4 is 4.74 Å². The predicted octanol–water partition coefficient (Wildman–Crippen LogP) is 5.69. The van der Waals surface area contributed by atoms with Gasteiger partial charge in [-0.3, -0.25) is 0 Å². The first-order chi connectivity index (χ1) is 17.3. The van der Waals surface area contributed by atoms with E-state index in [0.717, 1.165) is 22.3 Å². The third-order valence-electron chi connectivity index (χ3n) is 5.55. The van der Waals surface area contributed by atoms with E-state index in [1.165, 1.54) is 6.07 Å². The zero-order valence-electron chi connectivity index (χ0n) is 20.5. The smallest absolute Gasteiger partial charge is 0.333 e. The highest BCUT2D eigenvalue weighted by molar-refractivity contribution is 5.86. The molecule has 1 heterocycles. The van der Waals surface area contributed by atoms with Crippen molar-refractivity contribution in [2.45, 2.75) is 20.8 Å². The molecule has 0 saturated carbocycles. The summed E-state index contributed by atoms with van der Waals surface area (Å²) < 4.78 is 10.6. The second-order valence-electron chi connectivity index (χ2n) is 8.38. The number of rotatable bonds is 8. The highest BCUT2D eigenvalue weighted by Crippen LogP contribution is 2.33. The minimum absolute atomic E-state index is 0.0379. The number of phenols is 1. The molecule has 1 N–H and O–H groups in total. The number of benzene rings is 3. The minimum atomic E-state index is -0.472. The van der Waals surface area contributed by atoms with Gasteiger partial charge in [0.2, 0.25) is 0 Å². The molecule has 0 atom stereocenters. The molecule has 0 unspecified atom stereocenters. The van der Waals surface area contributed by atoms with Crippen molar-refractivity contribution in [3.05, 3.63) is 90.0 Å². The van der Waals surface area contributed by atoms with Gasteiger partial charge in [-0.1, -0.05) is 55.1 Å². The van der Waals surface area contributed by atoms with E-state index in [1.807, 2.05) is 62.4 Å². The first kappa shape index (κ1) is 24.6. The van der Waals surface area contributed by atoms with Crippen LogP contribution in [0.4, 0.5) is 0 Å². The topological polar surface area (TPSA) is 94.4 Å². The number of aromatic hydroxyl groups is 1. The normalized spacial score (nSPS) is 10.6. The molecular weight excluding hydrogens is 454 g/mol. The van der Waals surface area contributed by atoms with Crippen LogP contribution in [0.25, 0.3) is 34.2 Å². The second kappa shape index (κ2) is 10.8. The van der Waals surface area contributed by atoms with Crippen LogP contribution in [0.1, 0.15) is 18.1 Å². The van der Waals surface area contributed by atoms with Crippen molar-refractivity contribution in [2.75, 3.05) is 13.2 Å². The molecule has 0 saturated heterocycles. The Morgan fingerprint density at radius 3 is 1.83 bits per heavy atom. The summed E-state index contributed by atoms with van der Waals surface area (Å²) >= 11 is 0. The highest BCUT2D eigenvalue weighted by atomic mass is 16.6. The van der Waals surface area contributed by atoms with Crippen LogP contribution in [-0.2, 0) is 9.53 Å². The Morgan fingerprint density at radius 1 is 0.806 bits per heavy atom. The van der Waals surface area contributed by atoms with Gasteiger partial charge in [0.25, 0.3) is 0 Å². The van der Waals surface area contributed by atoms with Crippen molar-refractivity contribution < 1.29 is 19.4 Å². The third-order valence-corrected chi connectivity index (χ3v) is 5.55. The molecular formula is C29H27N3O4. The first-order valence-corrected chi connectivity index (χ1v) is 11.5. The largest absolute Gasteiger partial charge is 0.507 e. The van der Waals surface area contributed by atoms with Crippen molar-refractivity contribution in [1.29, 1.82) is 0 Å². The Morgan fingerprint density at radius 2 is 1.33 bits per heavy atom. The van der Waals surface area contributed by atoms with Gasteiger partial charge in [-0.25, -0.2) is 19.7 Å². The Hall–Kier alpha value is -4.52. The number of esters is 1. The lowest BCUT2D eigenvalue weighted by atomic mass is 10.1. The predicted molar refractivity (Wildman–Crippen MR) is 139 cm³/mol. The molecule has 4 rings (SSSR count). The fourth-order valence-electron chi connectivity index (χ4n) is 3.59. The van der Waals surface area contributed by atoms with Gasteiger partial charge in [-0.2, -0.15) is 0 Å². The van der Waals surface area contributed by atoms with Crippen LogP contribution in [0.2, 0.25) is 0 Å². The maximum absolute atomic E-state index is 11.5. The van der Waals surface area contributed by atoms with Gasteiger partial charge >= 0.3 is 5.97 Å². The van der Waals surface area contributed by atoms with E-state index in [-0.39, 0.29) is 19.0 Å². The van der Waals surface area contributed by atoms with Crippen molar-refractivity contribution >= 4 is 5.97 Å². The molecule has 0 fully saturated rings. The summed E-state index contributed by atoms with van der Waals surface area (Å²) in [5.41, 5.74) is 4.61. The number of carbonyl (C=O) groups excluding carboxylic acids is 1. The van der Waals surface area contributed by atoms with Crippen molar-refractivity contribution in [1.82, 2.24) is 15.0 Å². The SMILES string of the molecule is C=C(C)C(=O)OCCOc1ccc(-c2nc(-c3ccccc3C)nc(-c3ccccc3C)n2)c(O)c1. The molecule has 7 heteroatoms. The molecule has 0 aliphatic heterocycles. The molecule has 0 bridgehead atoms. The second-order valence-corrected chi connectivity index (χ2v) is 8.38. The lowest BCUT2D eigenvalue weighted by Gasteiger charge is -2.12. The van der Waals surface area contributed by atoms with E-state index in [4.69, 9.17) is 24.4 Å². The lowest BCUT2D eigenvalue weighted by molar-refractivity contribution is -0.139. The van der Waals surface area contributed by atoms with Gasteiger partial charge in [-0.05, 0) is 44.0 Å². The number of aryl methyl sites for hydroxylation is 2. The first-order valence-electron chi connectivity index (χ1n) is 11.5. The molecule has 3 aromatic carbocycles. The average Bonchev–Trinajstić information content (AvgIpc) is 2.86. The van der Waals surface area contributed by atoms with Crippen LogP contribution in [0.15, 0.2) is 78.9 Å². The van der Waals surface area contributed by atoms with Gasteiger partial charge in [0, 0.05) is 22.8 Å². The molecule has 0 amide bonds. The number of nitrogens with zero attached hydrogens (tertiary/aromatic N) is 3. The van der Waals surface area contributed by atoms with Gasteiger partial charge in [0.15, 0.2) is 17.5 Å². The van der Waals surface area contributed by atoms with Gasteiger partial charge < -0.3 is 14.6 Å². The fraction of sp³-hybridized carbons (Fsp3) is 0.172. The van der Waals surface area contributed by atoms with E-state index in [1.54, 1.807) is 19.1 Å². The fourth-order valence-corrected chi connectivity index (χ4v) is 3.59. The van der Waals surface area contributed by atoms with Crippen LogP contribution in [0.5, 0.6) is 11.5 Å². The minimum Gasteiger partial charge on any atom is -0.507 e. The maximum atomic E-state index is 11.5. The molecule has 0 radical (unpaired) electrons. The van der Waals surface area contributed by atoms with Crippen LogP contribution in [-0.4, -0.2) is 39.2 Å². The summed E-state index contributed by atoms with van der Waals surface area (Å²) in [4.78, 5) is 25.6. The highest BCUT2D eigenvalue weighted by Gasteiger charge is 2.17. The summed E-state index contributed by atoms with van der Waals surface area (Å²) in [6, 6.07) is 20.6. The Bertz CT molecular complexity index is 1370. The zero-order chi connectivity index (χ0) is 25.7. The maximum Gasteiger partial charge on any atom is 0.333 e. The molecule has 36 heavy (non-hydrogen) atoms. The summed E-state index contributed by atoms with van der Waals surface area (Å²) in [7, 11) is 0. The van der Waals surface area contributed by atoms with Crippen LogP contribution >= 0.6 is 0 Å². The van der Waals surface area contributed by atoms with Gasteiger partial charge in [-0.15, -0.1) is 0 Å². The molecule has 182 valence electrons. The third kappa shape index (κ3) is 5.58. The molecule has 0 aliphatic rings. The summed E-state index contributed by atoms with van der Waals surface area (Å²) in [6.07, 6.45) is 0. The van der Waals surface area contributed by atoms with E-state index < -0.39 is 5.97 Å². The zero-order valence-corrected chi connectivity index (χ0v) is 20.5. The van der Waals surface area contributed by atoms with E-state index in [9.17, 15) is 9.90 Å². The number of aromatic nitrogens is 3. The summed E-state index contributed by atoms with van der Waals surface area (Å²) in [6.45, 7) is 9.33. The van der Waals surface area contributed by atoms with E-state index in [0.29, 0.717) is 34.4 Å². The molecule has 0 aliphatic carbocycles. The average molecular weight is 482 g/mol. The molecule has 7 nitrogen and oxygen atoms in total. The Labute approximate surface area is 210 Å². The standard InChI is InChI=1S/C29H27N3O4/c1-18(2)29(34)36-16-15-35-21-13-14-24(25(33)17-21)28-31-26(22-11-7-5-9-19(22)3)30-27(32-28)23-12-8-6-10-20(23)4/h5-14,17,33H,1,15-16H2,2-4H3. The Balaban J connectivity index is 1.67. The van der Waals surface area contributed by atoms with E-state index in [2.05, 4.69) is 6.58 Å².